The number of non-ortho nitro benzene ring substituents is 1. The topological polar surface area (TPSA) is 96.9 Å². The third-order valence-electron chi connectivity index (χ3n) is 5.56. The van der Waals surface area contributed by atoms with Gasteiger partial charge in [-0.25, -0.2) is 4.98 Å². The van der Waals surface area contributed by atoms with E-state index < -0.39 is 23.2 Å². The highest BCUT2D eigenvalue weighted by molar-refractivity contribution is 6.62. The average molecular weight is 396 g/mol. The number of ether oxygens (including phenoxy) is 1. The molecule has 4 rings (SSSR count). The van der Waals surface area contributed by atoms with Crippen LogP contribution in [-0.4, -0.2) is 35.3 Å². The second kappa shape index (κ2) is 6.57. The minimum Gasteiger partial charge on any atom is -0.496 e. The van der Waals surface area contributed by atoms with Crippen LogP contribution in [0.5, 0.6) is 5.75 Å². The molecule has 1 fully saturated rings. The number of aromatic nitrogens is 1. The number of oxazole rings is 1. The normalized spacial score (nSPS) is 17.6. The zero-order valence-corrected chi connectivity index (χ0v) is 16.9. The maximum Gasteiger partial charge on any atom is 0.494 e. The molecule has 0 bridgehead atoms. The first-order valence-corrected chi connectivity index (χ1v) is 9.20. The summed E-state index contributed by atoms with van der Waals surface area (Å²) in [4.78, 5) is 15.0. The minimum absolute atomic E-state index is 0.0573. The molecule has 150 valence electrons. The third kappa shape index (κ3) is 3.26. The van der Waals surface area contributed by atoms with Gasteiger partial charge in [-0.15, -0.1) is 0 Å². The summed E-state index contributed by atoms with van der Waals surface area (Å²) in [5, 5.41) is 11.0. The maximum absolute atomic E-state index is 11.0. The molecule has 2 aromatic carbocycles. The highest BCUT2D eigenvalue weighted by atomic mass is 16.7. The standard InChI is InChI=1S/C20H21BN2O6/c1-19(2)20(3,4)29-21(28-19)12-6-9-16(26-5)14(10-12)18-22-15-8-7-13(23(24)25)11-17(15)27-18/h6-11H,1-5H3. The van der Waals surface area contributed by atoms with Gasteiger partial charge in [-0.05, 0) is 51.4 Å². The van der Waals surface area contributed by atoms with Gasteiger partial charge < -0.3 is 18.5 Å². The lowest BCUT2D eigenvalue weighted by molar-refractivity contribution is -0.384. The van der Waals surface area contributed by atoms with E-state index in [0.717, 1.165) is 5.46 Å². The Balaban J connectivity index is 1.77. The van der Waals surface area contributed by atoms with E-state index in [2.05, 4.69) is 4.98 Å². The predicted molar refractivity (Wildman–Crippen MR) is 108 cm³/mol. The number of nitro groups is 1. The molecule has 0 amide bonds. The smallest absolute Gasteiger partial charge is 0.494 e. The number of benzene rings is 2. The fourth-order valence-electron chi connectivity index (χ4n) is 3.16. The van der Waals surface area contributed by atoms with Crippen LogP contribution in [0.2, 0.25) is 0 Å². The average Bonchev–Trinajstić information content (AvgIpc) is 3.18. The second-order valence-electron chi connectivity index (χ2n) is 7.98. The molecule has 0 radical (unpaired) electrons. The Bertz CT molecular complexity index is 1090. The molecule has 1 aliphatic rings. The van der Waals surface area contributed by atoms with Gasteiger partial charge in [-0.2, -0.15) is 0 Å². The van der Waals surface area contributed by atoms with Crippen molar-refractivity contribution in [1.82, 2.24) is 4.98 Å². The van der Waals surface area contributed by atoms with Gasteiger partial charge in [-0.3, -0.25) is 10.1 Å². The van der Waals surface area contributed by atoms with Crippen molar-refractivity contribution in [2.45, 2.75) is 38.9 Å². The van der Waals surface area contributed by atoms with E-state index >= 15 is 0 Å². The Hall–Kier alpha value is -2.91. The Morgan fingerprint density at radius 2 is 1.76 bits per heavy atom. The molecule has 0 unspecified atom stereocenters. The van der Waals surface area contributed by atoms with E-state index in [1.807, 2.05) is 39.8 Å². The fourth-order valence-corrected chi connectivity index (χ4v) is 3.16. The molecule has 2 heterocycles. The largest absolute Gasteiger partial charge is 0.496 e. The minimum atomic E-state index is -0.546. The van der Waals surface area contributed by atoms with E-state index in [-0.39, 0.29) is 5.69 Å². The zero-order valence-electron chi connectivity index (χ0n) is 16.9. The van der Waals surface area contributed by atoms with Crippen molar-refractivity contribution in [3.63, 3.8) is 0 Å². The van der Waals surface area contributed by atoms with Crippen LogP contribution in [0.3, 0.4) is 0 Å². The van der Waals surface area contributed by atoms with Crippen LogP contribution in [0.1, 0.15) is 27.7 Å². The first-order valence-electron chi connectivity index (χ1n) is 9.20. The van der Waals surface area contributed by atoms with Crippen LogP contribution < -0.4 is 10.2 Å². The molecule has 1 aromatic heterocycles. The summed E-state index contributed by atoms with van der Waals surface area (Å²) in [5.41, 5.74) is 1.28. The molecule has 8 nitrogen and oxygen atoms in total. The quantitative estimate of drug-likeness (QED) is 0.377. The second-order valence-corrected chi connectivity index (χ2v) is 7.98. The SMILES string of the molecule is COc1ccc(B2OC(C)(C)C(C)(C)O2)cc1-c1nc2ccc([N+](=O)[O-])cc2o1. The number of nitrogens with zero attached hydrogens (tertiary/aromatic N) is 2. The summed E-state index contributed by atoms with van der Waals surface area (Å²) in [6.45, 7) is 7.96. The van der Waals surface area contributed by atoms with Gasteiger partial charge in [0, 0.05) is 6.07 Å². The van der Waals surface area contributed by atoms with Crippen LogP contribution in [0, 0.1) is 10.1 Å². The van der Waals surface area contributed by atoms with Crippen molar-refractivity contribution in [3.8, 4) is 17.2 Å². The lowest BCUT2D eigenvalue weighted by atomic mass is 9.78. The Morgan fingerprint density at radius 1 is 1.07 bits per heavy atom. The number of methoxy groups -OCH3 is 1. The van der Waals surface area contributed by atoms with Crippen LogP contribution in [0.15, 0.2) is 40.8 Å². The number of rotatable bonds is 4. The zero-order chi connectivity index (χ0) is 21.0. The maximum atomic E-state index is 11.0. The van der Waals surface area contributed by atoms with Crippen molar-refractivity contribution in [1.29, 1.82) is 0 Å². The molecule has 9 heteroatoms. The molecule has 0 N–H and O–H groups in total. The summed E-state index contributed by atoms with van der Waals surface area (Å²) in [6, 6.07) is 9.83. The highest BCUT2D eigenvalue weighted by Gasteiger charge is 2.51. The van der Waals surface area contributed by atoms with Gasteiger partial charge in [0.2, 0.25) is 5.89 Å². The van der Waals surface area contributed by atoms with Crippen LogP contribution in [0.4, 0.5) is 5.69 Å². The molecule has 0 atom stereocenters. The van der Waals surface area contributed by atoms with Crippen LogP contribution in [0.25, 0.3) is 22.6 Å². The van der Waals surface area contributed by atoms with Gasteiger partial charge in [0.1, 0.15) is 11.3 Å². The van der Waals surface area contributed by atoms with Crippen LogP contribution >= 0.6 is 0 Å². The van der Waals surface area contributed by atoms with Gasteiger partial charge in [0.25, 0.3) is 5.69 Å². The van der Waals surface area contributed by atoms with E-state index in [9.17, 15) is 10.1 Å². The predicted octanol–water partition coefficient (Wildman–Crippen LogP) is 3.71. The Labute approximate surface area is 168 Å². The first-order chi connectivity index (χ1) is 13.6. The summed E-state index contributed by atoms with van der Waals surface area (Å²) in [7, 11) is 1.01. The molecule has 29 heavy (non-hydrogen) atoms. The Kier molecular flexibility index (Phi) is 4.40. The third-order valence-corrected chi connectivity index (χ3v) is 5.56. The number of hydrogen-bond acceptors (Lipinski definition) is 7. The summed E-state index contributed by atoms with van der Waals surface area (Å²) >= 11 is 0. The Morgan fingerprint density at radius 3 is 2.38 bits per heavy atom. The molecule has 0 saturated carbocycles. The number of fused-ring (bicyclic) bond motifs is 1. The fraction of sp³-hybridized carbons (Fsp3) is 0.350. The van der Waals surface area contributed by atoms with Crippen molar-refractivity contribution in [2.24, 2.45) is 0 Å². The molecule has 1 aliphatic heterocycles. The van der Waals surface area contributed by atoms with E-state index in [1.54, 1.807) is 19.2 Å². The molecular formula is C20H21BN2O6. The first kappa shape index (κ1) is 19.4. The molecule has 0 aliphatic carbocycles. The lowest BCUT2D eigenvalue weighted by Crippen LogP contribution is -2.41. The monoisotopic (exact) mass is 396 g/mol. The number of nitro benzene ring substituents is 1. The van der Waals surface area contributed by atoms with Crippen molar-refractivity contribution >= 4 is 29.4 Å². The summed E-state index contributed by atoms with van der Waals surface area (Å²) < 4.78 is 23.5. The molecular weight excluding hydrogens is 375 g/mol. The molecule has 0 spiro atoms. The molecule has 3 aromatic rings. The summed E-state index contributed by atoms with van der Waals surface area (Å²) in [5.74, 6) is 0.863. The van der Waals surface area contributed by atoms with Gasteiger partial charge in [0.15, 0.2) is 5.58 Å². The van der Waals surface area contributed by atoms with Crippen molar-refractivity contribution in [3.05, 3.63) is 46.5 Å². The van der Waals surface area contributed by atoms with Gasteiger partial charge in [0.05, 0.1) is 34.9 Å². The summed E-state index contributed by atoms with van der Waals surface area (Å²) in [6.07, 6.45) is 0. The van der Waals surface area contributed by atoms with E-state index in [1.165, 1.54) is 12.1 Å². The van der Waals surface area contributed by atoms with E-state index in [4.69, 9.17) is 18.5 Å². The highest BCUT2D eigenvalue weighted by Crippen LogP contribution is 2.38. The van der Waals surface area contributed by atoms with Gasteiger partial charge in [-0.1, -0.05) is 6.07 Å². The van der Waals surface area contributed by atoms with Crippen molar-refractivity contribution in [2.75, 3.05) is 7.11 Å². The van der Waals surface area contributed by atoms with Gasteiger partial charge >= 0.3 is 7.12 Å². The number of hydrogen-bond donors (Lipinski definition) is 0. The van der Waals surface area contributed by atoms with E-state index in [0.29, 0.717) is 28.3 Å². The lowest BCUT2D eigenvalue weighted by Gasteiger charge is -2.32. The van der Waals surface area contributed by atoms with Crippen LogP contribution in [-0.2, 0) is 9.31 Å². The molecule has 1 saturated heterocycles. The van der Waals surface area contributed by atoms with Crippen molar-refractivity contribution < 1.29 is 23.4 Å².